The summed E-state index contributed by atoms with van der Waals surface area (Å²) in [6.07, 6.45) is 4.15. The SMILES string of the molecule is C=CCn1c(SCC(=O)Nc2sc3c(c2C#N)CCC(C)C3)nnc1C(C)Oc1cc(Cl)ccc1Cl. The first-order chi connectivity index (χ1) is 17.3. The molecule has 0 bridgehead atoms. The van der Waals surface area contributed by atoms with E-state index in [0.29, 0.717) is 49.8 Å². The van der Waals surface area contributed by atoms with Crippen molar-refractivity contribution in [1.82, 2.24) is 14.8 Å². The lowest BCUT2D eigenvalue weighted by Gasteiger charge is -2.17. The number of hydrogen-bond donors (Lipinski definition) is 1. The van der Waals surface area contributed by atoms with Crippen LogP contribution in [0.2, 0.25) is 10.0 Å². The number of rotatable bonds is 9. The summed E-state index contributed by atoms with van der Waals surface area (Å²) in [4.78, 5) is 14.0. The van der Waals surface area contributed by atoms with E-state index in [2.05, 4.69) is 35.1 Å². The van der Waals surface area contributed by atoms with Crippen LogP contribution in [0, 0.1) is 17.2 Å². The summed E-state index contributed by atoms with van der Waals surface area (Å²) in [5, 5.41) is 23.3. The van der Waals surface area contributed by atoms with E-state index in [-0.39, 0.29) is 11.7 Å². The van der Waals surface area contributed by atoms with Crippen LogP contribution in [-0.4, -0.2) is 26.4 Å². The van der Waals surface area contributed by atoms with Crippen LogP contribution in [0.1, 0.15) is 48.2 Å². The van der Waals surface area contributed by atoms with E-state index < -0.39 is 6.10 Å². The molecule has 1 N–H and O–H groups in total. The third kappa shape index (κ3) is 5.89. The predicted molar refractivity (Wildman–Crippen MR) is 145 cm³/mol. The fraction of sp³-hybridized carbons (Fsp3) is 0.360. The summed E-state index contributed by atoms with van der Waals surface area (Å²) in [5.41, 5.74) is 1.69. The number of ether oxygens (including phenoxy) is 1. The molecule has 11 heteroatoms. The first-order valence-electron chi connectivity index (χ1n) is 11.4. The van der Waals surface area contributed by atoms with Gasteiger partial charge in [0.15, 0.2) is 17.1 Å². The molecule has 2 atom stereocenters. The van der Waals surface area contributed by atoms with Gasteiger partial charge in [-0.15, -0.1) is 28.1 Å². The summed E-state index contributed by atoms with van der Waals surface area (Å²) in [6.45, 7) is 8.32. The van der Waals surface area contributed by atoms with Gasteiger partial charge >= 0.3 is 0 Å². The second-order valence-corrected chi connectivity index (χ2v) is 11.5. The monoisotopic (exact) mass is 561 g/mol. The summed E-state index contributed by atoms with van der Waals surface area (Å²) in [5.74, 6) is 1.52. The van der Waals surface area contributed by atoms with Gasteiger partial charge in [0.2, 0.25) is 5.91 Å². The maximum atomic E-state index is 12.8. The van der Waals surface area contributed by atoms with Gasteiger partial charge in [0.25, 0.3) is 0 Å². The zero-order valence-electron chi connectivity index (χ0n) is 19.9. The van der Waals surface area contributed by atoms with Crippen LogP contribution in [0.5, 0.6) is 5.75 Å². The van der Waals surface area contributed by atoms with Crippen LogP contribution in [0.25, 0.3) is 0 Å². The quantitative estimate of drug-likeness (QED) is 0.231. The Kier molecular flexibility index (Phi) is 8.62. The van der Waals surface area contributed by atoms with Gasteiger partial charge in [-0.3, -0.25) is 9.36 Å². The van der Waals surface area contributed by atoms with Gasteiger partial charge in [-0.25, -0.2) is 0 Å². The Balaban J connectivity index is 1.45. The van der Waals surface area contributed by atoms with E-state index in [1.807, 2.05) is 11.5 Å². The Morgan fingerprint density at radius 1 is 1.47 bits per heavy atom. The van der Waals surface area contributed by atoms with Crippen LogP contribution < -0.4 is 10.1 Å². The second kappa shape index (κ2) is 11.7. The van der Waals surface area contributed by atoms with Crippen LogP contribution in [-0.2, 0) is 24.2 Å². The average molecular weight is 563 g/mol. The Hall–Kier alpha value is -2.51. The highest BCUT2D eigenvalue weighted by Gasteiger charge is 2.25. The van der Waals surface area contributed by atoms with E-state index in [4.69, 9.17) is 27.9 Å². The van der Waals surface area contributed by atoms with Crippen LogP contribution in [0.15, 0.2) is 36.0 Å². The lowest BCUT2D eigenvalue weighted by molar-refractivity contribution is -0.113. The van der Waals surface area contributed by atoms with Gasteiger partial charge < -0.3 is 10.1 Å². The van der Waals surface area contributed by atoms with Gasteiger partial charge in [-0.05, 0) is 49.8 Å². The number of benzene rings is 1. The number of carbonyl (C=O) groups excluding carboxylic acids is 1. The molecule has 0 aliphatic heterocycles. The smallest absolute Gasteiger partial charge is 0.235 e. The molecular formula is C25H25Cl2N5O2S2. The number of amides is 1. The minimum Gasteiger partial charge on any atom is -0.481 e. The minimum atomic E-state index is -0.477. The van der Waals surface area contributed by atoms with Crippen molar-refractivity contribution in [2.75, 3.05) is 11.1 Å². The molecule has 1 aliphatic carbocycles. The maximum absolute atomic E-state index is 12.8. The number of aromatic nitrogens is 3. The number of thioether (sulfide) groups is 1. The molecule has 4 rings (SSSR count). The molecule has 0 spiro atoms. The molecule has 2 unspecified atom stereocenters. The van der Waals surface area contributed by atoms with E-state index in [9.17, 15) is 10.1 Å². The molecule has 1 aliphatic rings. The summed E-state index contributed by atoms with van der Waals surface area (Å²) >= 11 is 15.1. The van der Waals surface area contributed by atoms with Gasteiger partial charge in [-0.2, -0.15) is 5.26 Å². The molecule has 0 fully saturated rings. The standard InChI is InChI=1S/C25H25Cl2N5O2S2/c1-4-9-32-23(15(3)34-20-11-16(26)6-8-19(20)27)30-31-25(32)35-13-22(33)29-24-18(12-28)17-7-5-14(2)10-21(17)36-24/h4,6,8,11,14-15H,1,5,7,9-10,13H2,2-3H3,(H,29,33). The van der Waals surface area contributed by atoms with E-state index in [0.717, 1.165) is 24.8 Å². The molecule has 1 amide bonds. The Morgan fingerprint density at radius 2 is 2.28 bits per heavy atom. The van der Waals surface area contributed by atoms with Crippen molar-refractivity contribution in [1.29, 1.82) is 5.26 Å². The number of nitrogens with zero attached hydrogens (tertiary/aromatic N) is 4. The summed E-state index contributed by atoms with van der Waals surface area (Å²) in [6, 6.07) is 7.29. The van der Waals surface area contributed by atoms with Gasteiger partial charge in [0, 0.05) is 22.5 Å². The van der Waals surface area contributed by atoms with Gasteiger partial charge in [0.1, 0.15) is 16.8 Å². The highest BCUT2D eigenvalue weighted by Crippen LogP contribution is 2.39. The zero-order chi connectivity index (χ0) is 25.8. The van der Waals surface area contributed by atoms with Crippen LogP contribution in [0.3, 0.4) is 0 Å². The number of thiophene rings is 1. The number of anilines is 1. The Labute approximate surface area is 228 Å². The summed E-state index contributed by atoms with van der Waals surface area (Å²) < 4.78 is 7.85. The van der Waals surface area contributed by atoms with Crippen molar-refractivity contribution < 1.29 is 9.53 Å². The molecule has 0 saturated heterocycles. The number of halogens is 2. The lowest BCUT2D eigenvalue weighted by Crippen LogP contribution is -2.15. The van der Waals surface area contributed by atoms with Crippen molar-refractivity contribution in [3.8, 4) is 11.8 Å². The summed E-state index contributed by atoms with van der Waals surface area (Å²) in [7, 11) is 0. The van der Waals surface area contributed by atoms with Crippen molar-refractivity contribution in [3.63, 3.8) is 0 Å². The molecule has 3 aromatic rings. The molecule has 7 nitrogen and oxygen atoms in total. The van der Waals surface area contributed by atoms with E-state index in [1.54, 1.807) is 24.3 Å². The molecule has 2 aromatic heterocycles. The topological polar surface area (TPSA) is 92.8 Å². The fourth-order valence-electron chi connectivity index (χ4n) is 4.07. The normalized spacial score (nSPS) is 15.6. The third-order valence-electron chi connectivity index (χ3n) is 5.83. The van der Waals surface area contributed by atoms with Crippen molar-refractivity contribution >= 4 is 57.2 Å². The molecule has 2 heterocycles. The molecule has 0 saturated carbocycles. The van der Waals surface area contributed by atoms with Crippen molar-refractivity contribution in [2.24, 2.45) is 5.92 Å². The number of hydrogen-bond acceptors (Lipinski definition) is 7. The molecule has 36 heavy (non-hydrogen) atoms. The second-order valence-electron chi connectivity index (χ2n) is 8.58. The lowest BCUT2D eigenvalue weighted by atomic mass is 9.89. The largest absolute Gasteiger partial charge is 0.481 e. The Bertz CT molecular complexity index is 1330. The number of allylic oxidation sites excluding steroid dienone is 1. The van der Waals surface area contributed by atoms with Crippen molar-refractivity contribution in [3.05, 3.63) is 62.7 Å². The van der Waals surface area contributed by atoms with Gasteiger partial charge in [-0.1, -0.05) is 48.0 Å². The fourth-order valence-corrected chi connectivity index (χ4v) is 6.53. The third-order valence-corrected chi connectivity index (χ3v) is 8.51. The average Bonchev–Trinajstić information content (AvgIpc) is 3.40. The number of nitriles is 1. The number of fused-ring (bicyclic) bond motifs is 1. The minimum absolute atomic E-state index is 0.120. The highest BCUT2D eigenvalue weighted by molar-refractivity contribution is 7.99. The molecule has 188 valence electrons. The molecular weight excluding hydrogens is 537 g/mol. The predicted octanol–water partition coefficient (Wildman–Crippen LogP) is 6.70. The van der Waals surface area contributed by atoms with Crippen LogP contribution in [0.4, 0.5) is 5.00 Å². The number of carbonyl (C=O) groups is 1. The van der Waals surface area contributed by atoms with E-state index >= 15 is 0 Å². The first-order valence-corrected chi connectivity index (χ1v) is 14.0. The highest BCUT2D eigenvalue weighted by atomic mass is 35.5. The first kappa shape index (κ1) is 26.6. The van der Waals surface area contributed by atoms with Gasteiger partial charge in [0.05, 0.1) is 16.3 Å². The maximum Gasteiger partial charge on any atom is 0.235 e. The molecule has 0 radical (unpaired) electrons. The Morgan fingerprint density at radius 3 is 3.03 bits per heavy atom. The molecule has 1 aromatic carbocycles. The number of nitrogens with one attached hydrogen (secondary N) is 1. The zero-order valence-corrected chi connectivity index (χ0v) is 23.0. The van der Waals surface area contributed by atoms with Crippen LogP contribution >= 0.6 is 46.3 Å². The van der Waals surface area contributed by atoms with Crippen molar-refractivity contribution in [2.45, 2.75) is 50.9 Å². The van der Waals surface area contributed by atoms with E-state index in [1.165, 1.54) is 28.0 Å².